The van der Waals surface area contributed by atoms with Crippen LogP contribution in [-0.4, -0.2) is 20.9 Å². The van der Waals surface area contributed by atoms with Crippen LogP contribution < -0.4 is 9.62 Å². The SMILES string of the molecule is O=C(CN(c1cccc(Br)c1)S(=O)(=O)c1ccccc1)Nc1ccc(Cl)cc1C(F)(F)F. The molecule has 0 bridgehead atoms. The molecule has 0 aromatic heterocycles. The Hall–Kier alpha value is -2.56. The van der Waals surface area contributed by atoms with Crippen molar-refractivity contribution in [3.63, 3.8) is 0 Å². The van der Waals surface area contributed by atoms with Crippen LogP contribution >= 0.6 is 27.5 Å². The van der Waals surface area contributed by atoms with Crippen molar-refractivity contribution < 1.29 is 26.4 Å². The average Bonchev–Trinajstić information content (AvgIpc) is 2.73. The Labute approximate surface area is 196 Å². The first kappa shape index (κ1) is 24.1. The molecule has 0 aliphatic heterocycles. The minimum atomic E-state index is -4.77. The van der Waals surface area contributed by atoms with Gasteiger partial charge in [-0.3, -0.25) is 9.10 Å². The van der Waals surface area contributed by atoms with Crippen LogP contribution in [0.1, 0.15) is 5.56 Å². The molecule has 0 spiro atoms. The Bertz CT molecular complexity index is 1240. The fourth-order valence-corrected chi connectivity index (χ4v) is 4.84. The Morgan fingerprint density at radius 2 is 1.69 bits per heavy atom. The molecule has 1 amide bonds. The van der Waals surface area contributed by atoms with Gasteiger partial charge in [0.1, 0.15) is 6.54 Å². The van der Waals surface area contributed by atoms with Crippen LogP contribution in [0.25, 0.3) is 0 Å². The van der Waals surface area contributed by atoms with Crippen molar-refractivity contribution >= 4 is 54.8 Å². The molecule has 0 fully saturated rings. The number of rotatable bonds is 6. The van der Waals surface area contributed by atoms with Crippen molar-refractivity contribution in [2.45, 2.75) is 11.1 Å². The Morgan fingerprint density at radius 1 is 1.00 bits per heavy atom. The van der Waals surface area contributed by atoms with Gasteiger partial charge in [0, 0.05) is 9.50 Å². The predicted octanol–water partition coefficient (Wildman–Crippen LogP) is 5.96. The van der Waals surface area contributed by atoms with Crippen LogP contribution in [0.3, 0.4) is 0 Å². The smallest absolute Gasteiger partial charge is 0.324 e. The van der Waals surface area contributed by atoms with E-state index in [1.165, 1.54) is 42.5 Å². The summed E-state index contributed by atoms with van der Waals surface area (Å²) in [5, 5.41) is 1.99. The number of carbonyl (C=O) groups excluding carboxylic acids is 1. The zero-order valence-corrected chi connectivity index (χ0v) is 19.3. The third-order valence-corrected chi connectivity index (χ3v) is 6.79. The van der Waals surface area contributed by atoms with E-state index in [0.29, 0.717) is 10.5 Å². The number of nitrogens with one attached hydrogen (secondary N) is 1. The number of hydrogen-bond donors (Lipinski definition) is 1. The summed E-state index contributed by atoms with van der Waals surface area (Å²) in [7, 11) is -4.20. The van der Waals surface area contributed by atoms with Crippen molar-refractivity contribution in [3.8, 4) is 0 Å². The number of carbonyl (C=O) groups is 1. The van der Waals surface area contributed by atoms with Gasteiger partial charge in [-0.15, -0.1) is 0 Å². The summed E-state index contributed by atoms with van der Waals surface area (Å²) in [6, 6.07) is 16.5. The summed E-state index contributed by atoms with van der Waals surface area (Å²) in [5.74, 6) is -0.961. The van der Waals surface area contributed by atoms with Crippen LogP contribution in [0, 0.1) is 0 Å². The van der Waals surface area contributed by atoms with E-state index in [-0.39, 0.29) is 15.6 Å². The lowest BCUT2D eigenvalue weighted by molar-refractivity contribution is -0.137. The van der Waals surface area contributed by atoms with Crippen molar-refractivity contribution in [3.05, 3.63) is 87.9 Å². The van der Waals surface area contributed by atoms with Gasteiger partial charge in [-0.2, -0.15) is 13.2 Å². The minimum absolute atomic E-state index is 0.0738. The number of alkyl halides is 3. The van der Waals surface area contributed by atoms with Gasteiger partial charge in [0.15, 0.2) is 0 Å². The molecule has 0 saturated carbocycles. The molecule has 0 radical (unpaired) electrons. The maximum Gasteiger partial charge on any atom is 0.418 e. The Kier molecular flexibility index (Phi) is 7.16. The van der Waals surface area contributed by atoms with E-state index < -0.39 is 39.9 Å². The topological polar surface area (TPSA) is 66.5 Å². The highest BCUT2D eigenvalue weighted by Crippen LogP contribution is 2.36. The molecule has 3 aromatic rings. The summed E-state index contributed by atoms with van der Waals surface area (Å²) < 4.78 is 67.9. The van der Waals surface area contributed by atoms with E-state index in [2.05, 4.69) is 21.2 Å². The Balaban J connectivity index is 1.97. The molecule has 1 N–H and O–H groups in total. The maximum absolute atomic E-state index is 13.3. The fraction of sp³-hybridized carbons (Fsp3) is 0.0952. The van der Waals surface area contributed by atoms with Crippen molar-refractivity contribution in [1.29, 1.82) is 0 Å². The third-order valence-electron chi connectivity index (χ3n) is 4.28. The van der Waals surface area contributed by atoms with Gasteiger partial charge in [-0.1, -0.05) is 51.8 Å². The molecular weight excluding hydrogens is 533 g/mol. The summed E-state index contributed by atoms with van der Waals surface area (Å²) in [4.78, 5) is 12.6. The molecule has 11 heteroatoms. The van der Waals surface area contributed by atoms with Crippen LogP contribution in [-0.2, 0) is 21.0 Å². The predicted molar refractivity (Wildman–Crippen MR) is 120 cm³/mol. The molecule has 3 aromatic carbocycles. The molecule has 168 valence electrons. The quantitative estimate of drug-likeness (QED) is 0.414. The molecular formula is C21H15BrClF3N2O3S. The molecule has 0 unspecified atom stereocenters. The molecule has 0 aliphatic rings. The van der Waals surface area contributed by atoms with Gasteiger partial charge >= 0.3 is 6.18 Å². The van der Waals surface area contributed by atoms with Gasteiger partial charge < -0.3 is 5.32 Å². The first-order valence-corrected chi connectivity index (χ1v) is 11.6. The van der Waals surface area contributed by atoms with Crippen LogP contribution in [0.4, 0.5) is 24.5 Å². The molecule has 0 atom stereocenters. The van der Waals surface area contributed by atoms with Crippen molar-refractivity contribution in [2.24, 2.45) is 0 Å². The van der Waals surface area contributed by atoms with Crippen LogP contribution in [0.2, 0.25) is 5.02 Å². The first-order chi connectivity index (χ1) is 15.0. The average molecular weight is 548 g/mol. The normalized spacial score (nSPS) is 11.8. The molecule has 5 nitrogen and oxygen atoms in total. The van der Waals surface area contributed by atoms with Crippen LogP contribution in [0.15, 0.2) is 82.2 Å². The van der Waals surface area contributed by atoms with Gasteiger partial charge in [-0.25, -0.2) is 8.42 Å². The number of halogens is 5. The number of hydrogen-bond acceptors (Lipinski definition) is 3. The van der Waals surface area contributed by atoms with Crippen molar-refractivity contribution in [2.75, 3.05) is 16.2 Å². The van der Waals surface area contributed by atoms with Gasteiger partial charge in [0.05, 0.1) is 21.8 Å². The van der Waals surface area contributed by atoms with E-state index in [1.807, 2.05) is 0 Å². The second kappa shape index (κ2) is 9.51. The summed E-state index contributed by atoms with van der Waals surface area (Å²) in [6.45, 7) is -0.756. The fourth-order valence-electron chi connectivity index (χ4n) is 2.85. The lowest BCUT2D eigenvalue weighted by Crippen LogP contribution is -2.38. The molecule has 0 aliphatic carbocycles. The number of sulfonamides is 1. The highest BCUT2D eigenvalue weighted by Gasteiger charge is 2.35. The number of amides is 1. The van der Waals surface area contributed by atoms with Crippen LogP contribution in [0.5, 0.6) is 0 Å². The van der Waals surface area contributed by atoms with E-state index in [1.54, 1.807) is 18.2 Å². The number of benzene rings is 3. The maximum atomic E-state index is 13.3. The summed E-state index contributed by atoms with van der Waals surface area (Å²) >= 11 is 8.91. The number of nitrogens with zero attached hydrogens (tertiary/aromatic N) is 1. The number of anilines is 2. The zero-order chi connectivity index (χ0) is 23.5. The molecule has 0 saturated heterocycles. The Morgan fingerprint density at radius 3 is 2.31 bits per heavy atom. The lowest BCUT2D eigenvalue weighted by Gasteiger charge is -2.24. The van der Waals surface area contributed by atoms with E-state index in [0.717, 1.165) is 10.4 Å². The van der Waals surface area contributed by atoms with Crippen molar-refractivity contribution in [1.82, 2.24) is 0 Å². The van der Waals surface area contributed by atoms with E-state index in [9.17, 15) is 26.4 Å². The highest BCUT2D eigenvalue weighted by atomic mass is 79.9. The standard InChI is InChI=1S/C21H15BrClF3N2O3S/c22-14-5-4-6-16(11-14)28(32(30,31)17-7-2-1-3-8-17)13-20(29)27-19-10-9-15(23)12-18(19)21(24,25)26/h1-12H,13H2,(H,27,29). The van der Waals surface area contributed by atoms with E-state index in [4.69, 9.17) is 11.6 Å². The summed E-state index contributed by atoms with van der Waals surface area (Å²) in [6.07, 6.45) is -4.77. The van der Waals surface area contributed by atoms with Gasteiger partial charge in [0.25, 0.3) is 10.0 Å². The largest absolute Gasteiger partial charge is 0.418 e. The minimum Gasteiger partial charge on any atom is -0.324 e. The zero-order valence-electron chi connectivity index (χ0n) is 16.1. The third kappa shape index (κ3) is 5.62. The molecule has 3 rings (SSSR count). The second-order valence-corrected chi connectivity index (χ2v) is 9.75. The highest BCUT2D eigenvalue weighted by molar-refractivity contribution is 9.10. The first-order valence-electron chi connectivity index (χ1n) is 8.98. The second-order valence-electron chi connectivity index (χ2n) is 6.54. The van der Waals surface area contributed by atoms with Gasteiger partial charge in [0.2, 0.25) is 5.91 Å². The summed E-state index contributed by atoms with van der Waals surface area (Å²) in [5.41, 5.74) is -1.51. The monoisotopic (exact) mass is 546 g/mol. The van der Waals surface area contributed by atoms with Gasteiger partial charge in [-0.05, 0) is 48.5 Å². The van der Waals surface area contributed by atoms with E-state index >= 15 is 0 Å². The molecule has 32 heavy (non-hydrogen) atoms. The molecule has 0 heterocycles. The lowest BCUT2D eigenvalue weighted by atomic mass is 10.1.